The highest BCUT2D eigenvalue weighted by Crippen LogP contribution is 2.07. The number of aliphatic hydroxyl groups excluding tert-OH is 2. The van der Waals surface area contributed by atoms with E-state index < -0.39 is 24.0 Å². The monoisotopic (exact) mass is 372 g/mol. The van der Waals surface area contributed by atoms with Crippen LogP contribution in [0.1, 0.15) is 91.9 Å². The van der Waals surface area contributed by atoms with Crippen LogP contribution in [-0.2, 0) is 9.59 Å². The summed E-state index contributed by atoms with van der Waals surface area (Å²) in [7, 11) is 0. The summed E-state index contributed by atoms with van der Waals surface area (Å²) in [5.74, 6) is -1.41. The van der Waals surface area contributed by atoms with Gasteiger partial charge in [-0.1, -0.05) is 65.2 Å². The summed E-state index contributed by atoms with van der Waals surface area (Å²) >= 11 is 0. The Morgan fingerprint density at radius 3 is 1.35 bits per heavy atom. The van der Waals surface area contributed by atoms with E-state index >= 15 is 0 Å². The molecule has 6 nitrogen and oxygen atoms in total. The van der Waals surface area contributed by atoms with Crippen molar-refractivity contribution in [3.8, 4) is 0 Å². The number of rotatable bonds is 15. The smallest absolute Gasteiger partial charge is 0.252 e. The van der Waals surface area contributed by atoms with Crippen LogP contribution in [0.5, 0.6) is 0 Å². The van der Waals surface area contributed by atoms with Gasteiger partial charge in [0.2, 0.25) is 0 Å². The second kappa shape index (κ2) is 15.0. The number of carbonyl (C=O) groups is 2. The van der Waals surface area contributed by atoms with Crippen molar-refractivity contribution in [1.29, 1.82) is 0 Å². The molecule has 26 heavy (non-hydrogen) atoms. The maximum atomic E-state index is 12.0. The quantitative estimate of drug-likeness (QED) is 0.332. The Bertz CT molecular complexity index is 354. The van der Waals surface area contributed by atoms with E-state index in [2.05, 4.69) is 24.5 Å². The van der Waals surface area contributed by atoms with Crippen LogP contribution in [0.2, 0.25) is 0 Å². The van der Waals surface area contributed by atoms with Gasteiger partial charge in [0.15, 0.2) is 12.2 Å². The number of hydrogen-bond acceptors (Lipinski definition) is 4. The predicted octanol–water partition coefficient (Wildman–Crippen LogP) is 2.66. The molecule has 154 valence electrons. The minimum absolute atomic E-state index is 0.0956. The Morgan fingerprint density at radius 2 is 1.04 bits per heavy atom. The number of amides is 2. The van der Waals surface area contributed by atoms with Crippen molar-refractivity contribution in [2.24, 2.45) is 0 Å². The molecule has 2 amide bonds. The molecule has 0 aromatic heterocycles. The molecule has 0 fully saturated rings. The molecule has 4 N–H and O–H groups in total. The Balaban J connectivity index is 4.18. The van der Waals surface area contributed by atoms with Crippen LogP contribution in [0.4, 0.5) is 0 Å². The molecule has 0 heterocycles. The second-order valence-corrected chi connectivity index (χ2v) is 7.41. The third-order valence-corrected chi connectivity index (χ3v) is 4.60. The molecule has 6 heteroatoms. The van der Waals surface area contributed by atoms with Gasteiger partial charge in [-0.3, -0.25) is 9.59 Å². The van der Waals surface area contributed by atoms with E-state index in [1.807, 2.05) is 13.8 Å². The molecule has 0 radical (unpaired) electrons. The zero-order valence-corrected chi connectivity index (χ0v) is 17.1. The van der Waals surface area contributed by atoms with Gasteiger partial charge in [0.25, 0.3) is 11.8 Å². The lowest BCUT2D eigenvalue weighted by Crippen LogP contribution is -2.52. The van der Waals surface area contributed by atoms with Crippen LogP contribution >= 0.6 is 0 Å². The maximum Gasteiger partial charge on any atom is 0.252 e. The van der Waals surface area contributed by atoms with Crippen LogP contribution in [0.3, 0.4) is 0 Å². The van der Waals surface area contributed by atoms with Gasteiger partial charge >= 0.3 is 0 Å². The van der Waals surface area contributed by atoms with E-state index in [9.17, 15) is 19.8 Å². The standard InChI is InChI=1S/C20H40N2O4/c1-5-7-9-11-13-15(3)21-19(25)17(23)18(24)20(26)22-16(4)14-12-10-8-6-2/h15-18,23-24H,5-14H2,1-4H3,(H,21,25)(H,22,26). The lowest BCUT2D eigenvalue weighted by Gasteiger charge is -2.22. The summed E-state index contributed by atoms with van der Waals surface area (Å²) in [5, 5.41) is 25.2. The van der Waals surface area contributed by atoms with Gasteiger partial charge < -0.3 is 20.8 Å². The molecule has 0 aliphatic rings. The van der Waals surface area contributed by atoms with E-state index in [4.69, 9.17) is 0 Å². The molecule has 0 aromatic carbocycles. The fourth-order valence-electron chi connectivity index (χ4n) is 2.84. The minimum Gasteiger partial charge on any atom is -0.380 e. The first-order valence-electron chi connectivity index (χ1n) is 10.3. The molecule has 0 saturated carbocycles. The van der Waals surface area contributed by atoms with Crippen LogP contribution in [0, 0.1) is 0 Å². The zero-order chi connectivity index (χ0) is 19.9. The Kier molecular flexibility index (Phi) is 14.3. The van der Waals surface area contributed by atoms with Crippen LogP contribution in [-0.4, -0.2) is 46.3 Å². The first kappa shape index (κ1) is 24.9. The molecule has 4 atom stereocenters. The number of unbranched alkanes of at least 4 members (excludes halogenated alkanes) is 6. The van der Waals surface area contributed by atoms with E-state index in [1.165, 1.54) is 12.8 Å². The van der Waals surface area contributed by atoms with Gasteiger partial charge in [0.1, 0.15) is 0 Å². The number of aliphatic hydroxyl groups is 2. The summed E-state index contributed by atoms with van der Waals surface area (Å²) in [5.41, 5.74) is 0. The van der Waals surface area contributed by atoms with Crippen LogP contribution in [0.15, 0.2) is 0 Å². The normalized spacial score (nSPS) is 15.8. The summed E-state index contributed by atoms with van der Waals surface area (Å²) in [6.07, 6.45) is 6.99. The lowest BCUT2D eigenvalue weighted by molar-refractivity contribution is -0.146. The highest BCUT2D eigenvalue weighted by Gasteiger charge is 2.31. The van der Waals surface area contributed by atoms with Gasteiger partial charge in [-0.15, -0.1) is 0 Å². The predicted molar refractivity (Wildman–Crippen MR) is 105 cm³/mol. The van der Waals surface area contributed by atoms with Gasteiger partial charge in [0, 0.05) is 12.1 Å². The third-order valence-electron chi connectivity index (χ3n) is 4.60. The van der Waals surface area contributed by atoms with Crippen molar-refractivity contribution in [1.82, 2.24) is 10.6 Å². The summed E-state index contributed by atoms with van der Waals surface area (Å²) in [6.45, 7) is 8.00. The van der Waals surface area contributed by atoms with Crippen molar-refractivity contribution >= 4 is 11.8 Å². The molecular weight excluding hydrogens is 332 g/mol. The molecule has 0 aromatic rings. The van der Waals surface area contributed by atoms with Gasteiger partial charge in [0.05, 0.1) is 0 Å². The van der Waals surface area contributed by atoms with Crippen molar-refractivity contribution in [3.63, 3.8) is 0 Å². The summed E-state index contributed by atoms with van der Waals surface area (Å²) < 4.78 is 0. The Hall–Kier alpha value is -1.14. The second-order valence-electron chi connectivity index (χ2n) is 7.41. The fraction of sp³-hybridized carbons (Fsp3) is 0.900. The topological polar surface area (TPSA) is 98.7 Å². The average Bonchev–Trinajstić information content (AvgIpc) is 2.61. The average molecular weight is 373 g/mol. The molecule has 0 spiro atoms. The molecule has 0 bridgehead atoms. The number of hydrogen-bond donors (Lipinski definition) is 4. The fourth-order valence-corrected chi connectivity index (χ4v) is 2.84. The van der Waals surface area contributed by atoms with E-state index in [1.54, 1.807) is 0 Å². The summed E-state index contributed by atoms with van der Waals surface area (Å²) in [4.78, 5) is 24.0. The lowest BCUT2D eigenvalue weighted by atomic mass is 10.1. The van der Waals surface area contributed by atoms with E-state index in [-0.39, 0.29) is 12.1 Å². The molecule has 0 rings (SSSR count). The minimum atomic E-state index is -1.75. The maximum absolute atomic E-state index is 12.0. The first-order valence-corrected chi connectivity index (χ1v) is 10.3. The van der Waals surface area contributed by atoms with Crippen LogP contribution in [0.25, 0.3) is 0 Å². The van der Waals surface area contributed by atoms with E-state index in [0.29, 0.717) is 0 Å². The molecule has 0 aliphatic carbocycles. The van der Waals surface area contributed by atoms with Gasteiger partial charge in [-0.2, -0.15) is 0 Å². The van der Waals surface area contributed by atoms with Crippen molar-refractivity contribution in [3.05, 3.63) is 0 Å². The summed E-state index contributed by atoms with van der Waals surface area (Å²) in [6, 6.07) is -0.191. The molecule has 0 saturated heterocycles. The molecular formula is C20H40N2O4. The first-order chi connectivity index (χ1) is 12.3. The third kappa shape index (κ3) is 11.5. The van der Waals surface area contributed by atoms with Crippen molar-refractivity contribution in [2.45, 2.75) is 116 Å². The number of nitrogens with one attached hydrogen (secondary N) is 2. The molecule has 0 aliphatic heterocycles. The molecule has 4 unspecified atom stereocenters. The van der Waals surface area contributed by atoms with Crippen molar-refractivity contribution in [2.75, 3.05) is 0 Å². The Morgan fingerprint density at radius 1 is 0.692 bits per heavy atom. The van der Waals surface area contributed by atoms with Gasteiger partial charge in [-0.05, 0) is 26.7 Å². The van der Waals surface area contributed by atoms with Crippen molar-refractivity contribution < 1.29 is 19.8 Å². The van der Waals surface area contributed by atoms with E-state index in [0.717, 1.165) is 51.4 Å². The van der Waals surface area contributed by atoms with Crippen LogP contribution < -0.4 is 10.6 Å². The zero-order valence-electron chi connectivity index (χ0n) is 17.1. The largest absolute Gasteiger partial charge is 0.380 e. The SMILES string of the molecule is CCCCCCC(C)NC(=O)C(O)C(O)C(=O)NC(C)CCCCCC. The Labute approximate surface area is 159 Å². The van der Waals surface area contributed by atoms with Gasteiger partial charge in [-0.25, -0.2) is 0 Å². The number of carbonyl (C=O) groups excluding carboxylic acids is 2. The highest BCUT2D eigenvalue weighted by molar-refractivity contribution is 5.90. The highest BCUT2D eigenvalue weighted by atomic mass is 16.3.